The minimum absolute atomic E-state index is 0.108. The van der Waals surface area contributed by atoms with Crippen LogP contribution in [0.3, 0.4) is 0 Å². The summed E-state index contributed by atoms with van der Waals surface area (Å²) in [5, 5.41) is 0. The molecule has 100 valence electrons. The molecule has 2 saturated heterocycles. The minimum Gasteiger partial charge on any atom is -0.270 e. The van der Waals surface area contributed by atoms with Gasteiger partial charge in [-0.15, -0.1) is 0 Å². The van der Waals surface area contributed by atoms with E-state index < -0.39 is 7.59 Å². The summed E-state index contributed by atoms with van der Waals surface area (Å²) in [6.07, 6.45) is 0. The molecule has 2 aliphatic heterocycles. The summed E-state index contributed by atoms with van der Waals surface area (Å²) in [6, 6.07) is 0. The molecule has 0 bridgehead atoms. The van der Waals surface area contributed by atoms with Gasteiger partial charge in [-0.3, -0.25) is 4.57 Å². The van der Waals surface area contributed by atoms with Gasteiger partial charge >= 0.3 is 0 Å². The van der Waals surface area contributed by atoms with Crippen LogP contribution in [0.4, 0.5) is 0 Å². The van der Waals surface area contributed by atoms with Gasteiger partial charge in [-0.1, -0.05) is 13.8 Å². The van der Waals surface area contributed by atoms with E-state index in [9.17, 15) is 4.57 Å². The van der Waals surface area contributed by atoms with Crippen molar-refractivity contribution in [3.8, 4) is 0 Å². The summed E-state index contributed by atoms with van der Waals surface area (Å²) in [5.74, 6) is 0. The molecule has 0 aromatic heterocycles. The molecule has 5 heteroatoms. The highest BCUT2D eigenvalue weighted by Crippen LogP contribution is 2.71. The van der Waals surface area contributed by atoms with Crippen molar-refractivity contribution in [2.45, 2.75) is 52.6 Å². The number of hydrogen-bond acceptors (Lipinski definition) is 1. The van der Waals surface area contributed by atoms with Gasteiger partial charge in [0.2, 0.25) is 0 Å². The number of nitrogens with zero attached hydrogens (tertiary/aromatic N) is 3. The minimum atomic E-state index is -2.49. The van der Waals surface area contributed by atoms with E-state index in [1.165, 1.54) is 0 Å². The average molecular weight is 259 g/mol. The third-order valence-corrected chi connectivity index (χ3v) is 7.92. The van der Waals surface area contributed by atoms with Gasteiger partial charge < -0.3 is 0 Å². The van der Waals surface area contributed by atoms with Crippen LogP contribution in [0, 0.1) is 0 Å². The van der Waals surface area contributed by atoms with E-state index in [0.717, 1.165) is 26.2 Å². The molecule has 0 spiro atoms. The Morgan fingerprint density at radius 2 is 1.29 bits per heavy atom. The SMILES string of the molecule is CCN(CC)P(=O)(N1CC1(C)C)N1CC1(C)C. The maximum Gasteiger partial charge on any atom is 0.288 e. The van der Waals surface area contributed by atoms with Crippen LogP contribution in [-0.2, 0) is 4.57 Å². The van der Waals surface area contributed by atoms with E-state index >= 15 is 0 Å². The van der Waals surface area contributed by atoms with Crippen LogP contribution in [0.15, 0.2) is 0 Å². The Morgan fingerprint density at radius 1 is 1.00 bits per heavy atom. The zero-order valence-electron chi connectivity index (χ0n) is 12.0. The van der Waals surface area contributed by atoms with Gasteiger partial charge in [0.1, 0.15) is 0 Å². The molecule has 2 fully saturated rings. The summed E-state index contributed by atoms with van der Waals surface area (Å²) in [5.41, 5.74) is 0.216. The van der Waals surface area contributed by atoms with Crippen LogP contribution in [0.1, 0.15) is 41.5 Å². The first-order valence-corrected chi connectivity index (χ1v) is 8.18. The van der Waals surface area contributed by atoms with E-state index in [2.05, 4.69) is 55.6 Å². The number of hydrogen-bond donors (Lipinski definition) is 0. The molecule has 2 rings (SSSR count). The first-order valence-electron chi connectivity index (χ1n) is 6.62. The lowest BCUT2D eigenvalue weighted by atomic mass is 10.2. The van der Waals surface area contributed by atoms with Crippen molar-refractivity contribution in [2.75, 3.05) is 26.2 Å². The standard InChI is InChI=1S/C12H26N3OP/c1-7-13(8-2)17(16,14-9-11(14,3)4)15-10-12(15,5)6/h7-10H2,1-6H3. The van der Waals surface area contributed by atoms with Crippen molar-refractivity contribution in [1.82, 2.24) is 14.0 Å². The fourth-order valence-electron chi connectivity index (χ4n) is 2.58. The predicted molar refractivity (Wildman–Crippen MR) is 72.1 cm³/mol. The van der Waals surface area contributed by atoms with Gasteiger partial charge in [0.15, 0.2) is 0 Å². The number of rotatable bonds is 5. The molecule has 2 unspecified atom stereocenters. The zero-order valence-corrected chi connectivity index (χ0v) is 12.9. The van der Waals surface area contributed by atoms with Gasteiger partial charge in [0.25, 0.3) is 7.59 Å². The highest BCUT2D eigenvalue weighted by atomic mass is 31.2. The largest absolute Gasteiger partial charge is 0.288 e. The molecule has 2 heterocycles. The lowest BCUT2D eigenvalue weighted by Crippen LogP contribution is -2.31. The van der Waals surface area contributed by atoms with Crippen LogP contribution >= 0.6 is 7.59 Å². The van der Waals surface area contributed by atoms with Crippen LogP contribution in [0.5, 0.6) is 0 Å². The highest BCUT2D eigenvalue weighted by molar-refractivity contribution is 7.57. The maximum absolute atomic E-state index is 13.5. The lowest BCUT2D eigenvalue weighted by Gasteiger charge is -2.34. The van der Waals surface area contributed by atoms with Crippen molar-refractivity contribution < 1.29 is 4.57 Å². The molecule has 2 aliphatic rings. The monoisotopic (exact) mass is 259 g/mol. The normalized spacial score (nSPS) is 36.6. The van der Waals surface area contributed by atoms with Crippen LogP contribution < -0.4 is 0 Å². The molecule has 0 aliphatic carbocycles. The van der Waals surface area contributed by atoms with Gasteiger partial charge in [0.05, 0.1) is 0 Å². The maximum atomic E-state index is 13.5. The van der Waals surface area contributed by atoms with Crippen LogP contribution in [-0.4, -0.2) is 51.3 Å². The molecular formula is C12H26N3OP. The average Bonchev–Trinajstić information content (AvgIpc) is 3.05. The molecule has 0 saturated carbocycles. The topological polar surface area (TPSA) is 26.3 Å². The molecule has 17 heavy (non-hydrogen) atoms. The summed E-state index contributed by atoms with van der Waals surface area (Å²) < 4.78 is 20.1. The molecule has 0 radical (unpaired) electrons. The van der Waals surface area contributed by atoms with E-state index in [4.69, 9.17) is 0 Å². The lowest BCUT2D eigenvalue weighted by molar-refractivity contribution is 0.362. The van der Waals surface area contributed by atoms with Crippen molar-refractivity contribution in [3.63, 3.8) is 0 Å². The van der Waals surface area contributed by atoms with Crippen molar-refractivity contribution in [1.29, 1.82) is 0 Å². The van der Waals surface area contributed by atoms with E-state index in [1.54, 1.807) is 0 Å². The van der Waals surface area contributed by atoms with Gasteiger partial charge in [-0.25, -0.2) is 14.0 Å². The Bertz CT molecular complexity index is 328. The Labute approximate surface area is 105 Å². The second kappa shape index (κ2) is 3.80. The summed E-state index contributed by atoms with van der Waals surface area (Å²) in [7, 11) is -2.49. The van der Waals surface area contributed by atoms with E-state index in [-0.39, 0.29) is 11.1 Å². The first kappa shape index (κ1) is 13.5. The molecule has 0 aromatic carbocycles. The Morgan fingerprint density at radius 3 is 1.47 bits per heavy atom. The molecular weight excluding hydrogens is 233 g/mol. The third-order valence-electron chi connectivity index (χ3n) is 3.99. The van der Waals surface area contributed by atoms with Gasteiger partial charge in [-0.05, 0) is 27.7 Å². The third kappa shape index (κ3) is 1.99. The molecule has 0 amide bonds. The predicted octanol–water partition coefficient (Wildman–Crippen LogP) is 2.62. The van der Waals surface area contributed by atoms with Gasteiger partial charge in [-0.2, -0.15) is 0 Å². The zero-order chi connectivity index (χ0) is 13.1. The molecule has 2 atom stereocenters. The molecule has 0 N–H and O–H groups in total. The Hall–Kier alpha value is 0.110. The summed E-state index contributed by atoms with van der Waals surface area (Å²) in [6.45, 7) is 16.5. The fourth-order valence-corrected chi connectivity index (χ4v) is 6.66. The molecule has 0 aromatic rings. The second-order valence-corrected chi connectivity index (χ2v) is 8.95. The smallest absolute Gasteiger partial charge is 0.270 e. The van der Waals surface area contributed by atoms with Crippen molar-refractivity contribution in [3.05, 3.63) is 0 Å². The van der Waals surface area contributed by atoms with Crippen molar-refractivity contribution in [2.24, 2.45) is 0 Å². The van der Waals surface area contributed by atoms with Crippen molar-refractivity contribution >= 4 is 7.59 Å². The summed E-state index contributed by atoms with van der Waals surface area (Å²) >= 11 is 0. The first-order chi connectivity index (χ1) is 7.70. The molecule has 4 nitrogen and oxygen atoms in total. The van der Waals surface area contributed by atoms with Gasteiger partial charge in [0, 0.05) is 37.3 Å². The van der Waals surface area contributed by atoms with Crippen LogP contribution in [0.25, 0.3) is 0 Å². The Kier molecular flexibility index (Phi) is 3.03. The van der Waals surface area contributed by atoms with Crippen LogP contribution in [0.2, 0.25) is 0 Å². The van der Waals surface area contributed by atoms with E-state index in [1.807, 2.05) is 0 Å². The highest BCUT2D eigenvalue weighted by Gasteiger charge is 2.65. The fraction of sp³-hybridized carbons (Fsp3) is 1.00. The quantitative estimate of drug-likeness (QED) is 0.560. The summed E-state index contributed by atoms with van der Waals surface area (Å²) in [4.78, 5) is 0. The Balaban J connectivity index is 2.28. The second-order valence-electron chi connectivity index (χ2n) is 6.39. The van der Waals surface area contributed by atoms with E-state index in [0.29, 0.717) is 0 Å².